The van der Waals surface area contributed by atoms with Gasteiger partial charge in [0.1, 0.15) is 0 Å². The van der Waals surface area contributed by atoms with Crippen molar-refractivity contribution in [1.29, 1.82) is 0 Å². The van der Waals surface area contributed by atoms with Crippen molar-refractivity contribution in [3.8, 4) is 0 Å². The number of hydrogen-bond acceptors (Lipinski definition) is 1. The highest BCUT2D eigenvalue weighted by molar-refractivity contribution is 8.02. The Bertz CT molecular complexity index is 75.8. The molecule has 0 aliphatic carbocycles. The lowest BCUT2D eigenvalue weighted by Crippen LogP contribution is -2.09. The molecule has 0 atom stereocenters. The Morgan fingerprint density at radius 3 is 2.12 bits per heavy atom. The zero-order valence-corrected chi connectivity index (χ0v) is 4.85. The molecule has 0 aromatic heterocycles. The monoisotopic (exact) mass is 142 g/mol. The van der Waals surface area contributed by atoms with Gasteiger partial charge in [0.25, 0.3) is 0 Å². The number of thioether (sulfide) groups is 1. The summed E-state index contributed by atoms with van der Waals surface area (Å²) >= 11 is 0.654. The molecular weight excluding hydrogens is 137 g/mol. The van der Waals surface area contributed by atoms with Gasteiger partial charge in [-0.25, -0.2) is 0 Å². The summed E-state index contributed by atoms with van der Waals surface area (Å²) in [6.45, 7) is 3.13. The van der Waals surface area contributed by atoms with Gasteiger partial charge < -0.3 is 0 Å². The molecule has 0 radical (unpaired) electrons. The van der Waals surface area contributed by atoms with E-state index in [1.165, 1.54) is 5.41 Å². The molecule has 4 heteroatoms. The summed E-state index contributed by atoms with van der Waals surface area (Å²) in [7, 11) is 0. The maximum absolute atomic E-state index is 11.2. The minimum Gasteiger partial charge on any atom is -0.170 e. The van der Waals surface area contributed by atoms with Crippen LogP contribution in [0.2, 0.25) is 0 Å². The van der Waals surface area contributed by atoms with E-state index in [0.717, 1.165) is 0 Å². The molecule has 0 aliphatic rings. The Hall–Kier alpha value is -0.120. The summed E-state index contributed by atoms with van der Waals surface area (Å²) < 4.78 is 33.5. The number of halogens is 3. The van der Waals surface area contributed by atoms with Crippen molar-refractivity contribution in [2.24, 2.45) is 0 Å². The van der Waals surface area contributed by atoms with Gasteiger partial charge in [-0.2, -0.15) is 13.2 Å². The van der Waals surface area contributed by atoms with Gasteiger partial charge in [0.2, 0.25) is 0 Å². The predicted octanol–water partition coefficient (Wildman–Crippen LogP) is 2.43. The molecule has 0 saturated carbocycles. The summed E-state index contributed by atoms with van der Waals surface area (Å²) in [5, 5.41) is 1.17. The predicted molar refractivity (Wildman–Crippen MR) is 28.7 cm³/mol. The van der Waals surface area contributed by atoms with Crippen LogP contribution >= 0.6 is 11.8 Å². The van der Waals surface area contributed by atoms with Gasteiger partial charge in [-0.05, 0) is 5.41 Å². The van der Waals surface area contributed by atoms with Crippen LogP contribution < -0.4 is 0 Å². The van der Waals surface area contributed by atoms with E-state index < -0.39 is 11.9 Å². The summed E-state index contributed by atoms with van der Waals surface area (Å²) in [6.07, 6.45) is -4.06. The van der Waals surface area contributed by atoms with E-state index in [-0.39, 0.29) is 0 Å². The van der Waals surface area contributed by atoms with Crippen LogP contribution in [-0.4, -0.2) is 11.9 Å². The van der Waals surface area contributed by atoms with Crippen molar-refractivity contribution in [3.63, 3.8) is 0 Å². The lowest BCUT2D eigenvalue weighted by Gasteiger charge is -2.00. The average Bonchev–Trinajstić information content (AvgIpc) is 1.59. The van der Waals surface area contributed by atoms with E-state index >= 15 is 0 Å². The Morgan fingerprint density at radius 2 is 2.00 bits per heavy atom. The van der Waals surface area contributed by atoms with E-state index in [9.17, 15) is 13.2 Å². The first-order valence-corrected chi connectivity index (χ1v) is 2.90. The smallest absolute Gasteiger partial charge is 0.170 e. The van der Waals surface area contributed by atoms with E-state index in [4.69, 9.17) is 0 Å². The fourth-order valence-corrected chi connectivity index (χ4v) is 0.460. The van der Waals surface area contributed by atoms with Crippen molar-refractivity contribution in [3.05, 3.63) is 12.0 Å². The van der Waals surface area contributed by atoms with E-state index in [1.54, 1.807) is 0 Å². The SMILES string of the molecule is C=CSCC(F)(F)F. The summed E-state index contributed by atoms with van der Waals surface area (Å²) in [5.41, 5.74) is 0. The zero-order chi connectivity index (χ0) is 6.62. The minimum atomic E-state index is -4.06. The molecule has 0 amide bonds. The highest BCUT2D eigenvalue weighted by atomic mass is 32.2. The van der Waals surface area contributed by atoms with Gasteiger partial charge in [0, 0.05) is 0 Å². The number of rotatable bonds is 2. The van der Waals surface area contributed by atoms with Crippen LogP contribution in [0.4, 0.5) is 13.2 Å². The van der Waals surface area contributed by atoms with E-state index in [2.05, 4.69) is 6.58 Å². The van der Waals surface area contributed by atoms with Gasteiger partial charge in [0.05, 0.1) is 5.75 Å². The molecule has 0 bridgehead atoms. The highest BCUT2D eigenvalue weighted by Crippen LogP contribution is 2.20. The maximum Gasteiger partial charge on any atom is 0.398 e. The van der Waals surface area contributed by atoms with Crippen molar-refractivity contribution in [1.82, 2.24) is 0 Å². The van der Waals surface area contributed by atoms with Crippen LogP contribution in [0.15, 0.2) is 12.0 Å². The highest BCUT2D eigenvalue weighted by Gasteiger charge is 2.25. The molecule has 0 N–H and O–H groups in total. The molecule has 0 heterocycles. The standard InChI is InChI=1S/C4H5F3S/c1-2-8-3-4(5,6)7/h2H,1,3H2. The lowest BCUT2D eigenvalue weighted by molar-refractivity contribution is -0.105. The normalized spacial score (nSPS) is 11.4. The van der Waals surface area contributed by atoms with Gasteiger partial charge in [0.15, 0.2) is 0 Å². The second-order valence-electron chi connectivity index (χ2n) is 1.09. The summed E-state index contributed by atoms with van der Waals surface area (Å²) in [6, 6.07) is 0. The van der Waals surface area contributed by atoms with Crippen molar-refractivity contribution in [2.45, 2.75) is 6.18 Å². The van der Waals surface area contributed by atoms with Crippen molar-refractivity contribution >= 4 is 11.8 Å². The minimum absolute atomic E-state index is 0.654. The molecular formula is C4H5F3S. The first kappa shape index (κ1) is 7.88. The Labute approximate surface area is 49.8 Å². The lowest BCUT2D eigenvalue weighted by atomic mass is 10.8. The Balaban J connectivity index is 3.24. The Kier molecular flexibility index (Phi) is 2.97. The van der Waals surface area contributed by atoms with Crippen LogP contribution in [0, 0.1) is 0 Å². The fraction of sp³-hybridized carbons (Fsp3) is 0.500. The molecule has 8 heavy (non-hydrogen) atoms. The van der Waals surface area contributed by atoms with E-state index in [1.807, 2.05) is 0 Å². The third-order valence-electron chi connectivity index (χ3n) is 0.365. The first-order valence-electron chi connectivity index (χ1n) is 1.85. The van der Waals surface area contributed by atoms with Crippen molar-refractivity contribution in [2.75, 3.05) is 5.75 Å². The molecule has 0 unspecified atom stereocenters. The van der Waals surface area contributed by atoms with Crippen LogP contribution in [0.3, 0.4) is 0 Å². The number of alkyl halides is 3. The van der Waals surface area contributed by atoms with E-state index in [0.29, 0.717) is 11.8 Å². The molecule has 0 aromatic carbocycles. The average molecular weight is 142 g/mol. The zero-order valence-electron chi connectivity index (χ0n) is 4.03. The molecule has 0 fully saturated rings. The van der Waals surface area contributed by atoms with Gasteiger partial charge in [-0.3, -0.25) is 0 Å². The maximum atomic E-state index is 11.2. The third kappa shape index (κ3) is 5.88. The number of hydrogen-bond donors (Lipinski definition) is 0. The largest absolute Gasteiger partial charge is 0.398 e. The summed E-state index contributed by atoms with van der Waals surface area (Å²) in [4.78, 5) is 0. The third-order valence-corrected chi connectivity index (χ3v) is 1.09. The van der Waals surface area contributed by atoms with Gasteiger partial charge >= 0.3 is 6.18 Å². The Morgan fingerprint density at radius 1 is 1.50 bits per heavy atom. The fourth-order valence-electron chi connectivity index (χ4n) is 0.153. The van der Waals surface area contributed by atoms with Crippen LogP contribution in [0.5, 0.6) is 0 Å². The molecule has 48 valence electrons. The second-order valence-corrected chi connectivity index (χ2v) is 2.05. The molecule has 0 nitrogen and oxygen atoms in total. The van der Waals surface area contributed by atoms with Crippen LogP contribution in [-0.2, 0) is 0 Å². The van der Waals surface area contributed by atoms with Crippen LogP contribution in [0.1, 0.15) is 0 Å². The molecule has 0 spiro atoms. The molecule has 0 aromatic rings. The molecule has 0 rings (SSSR count). The second kappa shape index (κ2) is 3.02. The quantitative estimate of drug-likeness (QED) is 0.570. The molecule has 0 aliphatic heterocycles. The molecule has 0 saturated heterocycles. The first-order chi connectivity index (χ1) is 3.56. The van der Waals surface area contributed by atoms with Crippen molar-refractivity contribution < 1.29 is 13.2 Å². The van der Waals surface area contributed by atoms with Crippen LogP contribution in [0.25, 0.3) is 0 Å². The van der Waals surface area contributed by atoms with Gasteiger partial charge in [-0.15, -0.1) is 11.8 Å². The van der Waals surface area contributed by atoms with Gasteiger partial charge in [-0.1, -0.05) is 6.58 Å². The summed E-state index contributed by atoms with van der Waals surface area (Å²) in [5.74, 6) is -0.837. The topological polar surface area (TPSA) is 0 Å².